The van der Waals surface area contributed by atoms with Crippen LogP contribution in [0.1, 0.15) is 47.0 Å². The molecule has 1 saturated heterocycles. The molecule has 0 aliphatic carbocycles. The molecule has 1 fully saturated rings. The summed E-state index contributed by atoms with van der Waals surface area (Å²) in [4.78, 5) is 26.5. The molecule has 1 N–H and O–H groups in total. The van der Waals surface area contributed by atoms with Gasteiger partial charge in [0.15, 0.2) is 0 Å². The first-order valence-corrected chi connectivity index (χ1v) is 6.69. The molecule has 0 bridgehead atoms. The molecule has 0 spiro atoms. The second-order valence-corrected chi connectivity index (χ2v) is 5.09. The molecule has 4 nitrogen and oxygen atoms in total. The van der Waals surface area contributed by atoms with Crippen molar-refractivity contribution < 1.29 is 9.59 Å². The number of hydrogen-bond donors (Lipinski definition) is 1. The third kappa shape index (κ3) is 2.42. The van der Waals surface area contributed by atoms with Crippen LogP contribution in [0.4, 0.5) is 0 Å². The van der Waals surface area contributed by atoms with E-state index in [9.17, 15) is 9.59 Å². The van der Waals surface area contributed by atoms with E-state index in [0.29, 0.717) is 25.8 Å². The average molecular weight is 252 g/mol. The van der Waals surface area contributed by atoms with Gasteiger partial charge in [-0.15, -0.1) is 0 Å². The molecule has 1 rings (SSSR count). The summed E-state index contributed by atoms with van der Waals surface area (Å²) in [6.07, 6.45) is 1.88. The monoisotopic (exact) mass is 252 g/mol. The lowest BCUT2D eigenvalue weighted by Gasteiger charge is -2.45. The van der Waals surface area contributed by atoms with Crippen LogP contribution >= 0.6 is 0 Å². The quantitative estimate of drug-likeness (QED) is 0.759. The normalized spacial score (nSPS) is 22.9. The van der Waals surface area contributed by atoms with E-state index in [1.165, 1.54) is 0 Å². The van der Waals surface area contributed by atoms with Gasteiger partial charge in [-0.3, -0.25) is 9.59 Å². The van der Waals surface area contributed by atoms with Crippen molar-refractivity contribution in [2.75, 3.05) is 6.54 Å². The van der Waals surface area contributed by atoms with Gasteiger partial charge < -0.3 is 10.2 Å². The Kier molecular flexibility index (Phi) is 4.54. The Morgan fingerprint density at radius 2 is 1.89 bits per heavy atom. The summed E-state index contributed by atoms with van der Waals surface area (Å²) in [5, 5.41) is 2.92. The minimum atomic E-state index is -0.724. The van der Waals surface area contributed by atoms with Crippen molar-refractivity contribution in [1.82, 2.24) is 10.2 Å². The van der Waals surface area contributed by atoms with Crippen LogP contribution in [0.25, 0.3) is 0 Å². The van der Waals surface area contributed by atoms with Gasteiger partial charge in [-0.25, -0.2) is 0 Å². The number of carbonyl (C=O) groups excluding carboxylic acids is 2. The Balaban J connectivity index is 3.11. The Morgan fingerprint density at radius 1 is 1.33 bits per heavy atom. The highest BCUT2D eigenvalue weighted by Gasteiger charge is 2.47. The lowest BCUT2D eigenvalue weighted by atomic mass is 9.86. The van der Waals surface area contributed by atoms with Crippen molar-refractivity contribution >= 4 is 11.8 Å². The van der Waals surface area contributed by atoms with Crippen molar-refractivity contribution in [3.63, 3.8) is 0 Å². The van der Waals surface area contributed by atoms with Crippen molar-refractivity contribution in [3.8, 4) is 0 Å². The first-order chi connectivity index (χ1) is 8.41. The van der Waals surface area contributed by atoms with Crippen LogP contribution in [0.2, 0.25) is 0 Å². The number of piperazine rings is 1. The van der Waals surface area contributed by atoms with Crippen molar-refractivity contribution in [2.24, 2.45) is 0 Å². The molecule has 1 aliphatic rings. The molecule has 0 aromatic rings. The third-order valence-corrected chi connectivity index (χ3v) is 3.75. The summed E-state index contributed by atoms with van der Waals surface area (Å²) in [6.45, 7) is 12.0. The Bertz CT molecular complexity index is 359. The molecule has 1 atom stereocenters. The lowest BCUT2D eigenvalue weighted by Crippen LogP contribution is -2.70. The third-order valence-electron chi connectivity index (χ3n) is 3.75. The first-order valence-electron chi connectivity index (χ1n) is 6.69. The zero-order valence-electron chi connectivity index (χ0n) is 11.9. The number of nitrogens with one attached hydrogen (secondary N) is 1. The number of carbonyl (C=O) groups is 2. The molecule has 0 radical (unpaired) electrons. The number of amides is 2. The smallest absolute Gasteiger partial charge is 0.249 e. The van der Waals surface area contributed by atoms with E-state index in [-0.39, 0.29) is 17.9 Å². The van der Waals surface area contributed by atoms with Gasteiger partial charge in [-0.2, -0.15) is 0 Å². The number of hydrogen-bond acceptors (Lipinski definition) is 2. The summed E-state index contributed by atoms with van der Waals surface area (Å²) in [6, 6.07) is -0.361. The predicted molar refractivity (Wildman–Crippen MR) is 72.1 cm³/mol. The second kappa shape index (κ2) is 5.55. The Morgan fingerprint density at radius 3 is 2.28 bits per heavy atom. The molecule has 18 heavy (non-hydrogen) atoms. The Hall–Kier alpha value is -1.32. The molecule has 2 amide bonds. The van der Waals surface area contributed by atoms with E-state index in [4.69, 9.17) is 0 Å². The zero-order chi connectivity index (χ0) is 13.9. The van der Waals surface area contributed by atoms with E-state index in [1.807, 2.05) is 27.7 Å². The number of nitrogens with zero attached hydrogens (tertiary/aromatic N) is 1. The largest absolute Gasteiger partial charge is 0.340 e. The van der Waals surface area contributed by atoms with Crippen LogP contribution in [0.5, 0.6) is 0 Å². The van der Waals surface area contributed by atoms with E-state index in [0.717, 1.165) is 5.57 Å². The summed E-state index contributed by atoms with van der Waals surface area (Å²) in [5.74, 6) is -0.0102. The lowest BCUT2D eigenvalue weighted by molar-refractivity contribution is -0.155. The van der Waals surface area contributed by atoms with E-state index in [2.05, 4.69) is 11.9 Å². The van der Waals surface area contributed by atoms with Crippen LogP contribution in [0.15, 0.2) is 12.2 Å². The van der Waals surface area contributed by atoms with Crippen LogP contribution < -0.4 is 5.32 Å². The van der Waals surface area contributed by atoms with Gasteiger partial charge in [0, 0.05) is 6.54 Å². The van der Waals surface area contributed by atoms with Gasteiger partial charge in [0.2, 0.25) is 11.8 Å². The van der Waals surface area contributed by atoms with Gasteiger partial charge in [0.05, 0.1) is 0 Å². The summed E-state index contributed by atoms with van der Waals surface area (Å²) in [7, 11) is 0. The minimum absolute atomic E-state index is 0.0296. The topological polar surface area (TPSA) is 49.4 Å². The van der Waals surface area contributed by atoms with Gasteiger partial charge in [0.1, 0.15) is 11.6 Å². The fourth-order valence-corrected chi connectivity index (χ4v) is 2.54. The standard InChI is InChI=1S/C14H24N2O2/c1-6-11-12(17)15-14(7-2,8-3)13(18)16(11)9-10(4)5/h11H,4,6-9H2,1-3,5H3,(H,15,17). The van der Waals surface area contributed by atoms with E-state index < -0.39 is 5.54 Å². The van der Waals surface area contributed by atoms with Gasteiger partial charge >= 0.3 is 0 Å². The molecule has 0 aromatic carbocycles. The summed E-state index contributed by atoms with van der Waals surface area (Å²) < 4.78 is 0. The molecule has 0 aromatic heterocycles. The molecule has 0 saturated carbocycles. The first kappa shape index (κ1) is 14.7. The number of rotatable bonds is 5. The van der Waals surface area contributed by atoms with Gasteiger partial charge in [0.25, 0.3) is 0 Å². The molecule has 4 heteroatoms. The van der Waals surface area contributed by atoms with Crippen molar-refractivity contribution in [2.45, 2.75) is 58.5 Å². The van der Waals surface area contributed by atoms with Crippen LogP contribution in [0, 0.1) is 0 Å². The van der Waals surface area contributed by atoms with Crippen LogP contribution in [-0.2, 0) is 9.59 Å². The highest BCUT2D eigenvalue weighted by atomic mass is 16.2. The van der Waals surface area contributed by atoms with E-state index >= 15 is 0 Å². The fraction of sp³-hybridized carbons (Fsp3) is 0.714. The van der Waals surface area contributed by atoms with Crippen molar-refractivity contribution in [3.05, 3.63) is 12.2 Å². The molecule has 1 heterocycles. The molecule has 1 aliphatic heterocycles. The molecule has 102 valence electrons. The van der Waals surface area contributed by atoms with Gasteiger partial charge in [-0.1, -0.05) is 32.9 Å². The summed E-state index contributed by atoms with van der Waals surface area (Å²) in [5.41, 5.74) is 0.177. The highest BCUT2D eigenvalue weighted by Crippen LogP contribution is 2.26. The Labute approximate surface area is 109 Å². The molecule has 1 unspecified atom stereocenters. The fourth-order valence-electron chi connectivity index (χ4n) is 2.54. The van der Waals surface area contributed by atoms with Crippen molar-refractivity contribution in [1.29, 1.82) is 0 Å². The minimum Gasteiger partial charge on any atom is -0.340 e. The molecular weight excluding hydrogens is 228 g/mol. The highest BCUT2D eigenvalue weighted by molar-refractivity contribution is 5.99. The summed E-state index contributed by atoms with van der Waals surface area (Å²) >= 11 is 0. The SMILES string of the molecule is C=C(C)CN1C(=O)C(CC)(CC)NC(=O)C1CC. The van der Waals surface area contributed by atoms with Crippen LogP contribution in [0.3, 0.4) is 0 Å². The maximum absolute atomic E-state index is 12.6. The predicted octanol–water partition coefficient (Wildman–Crippen LogP) is 1.86. The maximum atomic E-state index is 12.6. The second-order valence-electron chi connectivity index (χ2n) is 5.09. The maximum Gasteiger partial charge on any atom is 0.249 e. The van der Waals surface area contributed by atoms with Crippen LogP contribution in [-0.4, -0.2) is 34.8 Å². The average Bonchev–Trinajstić information content (AvgIpc) is 2.33. The molecular formula is C14H24N2O2. The van der Waals surface area contributed by atoms with Gasteiger partial charge in [-0.05, 0) is 26.2 Å². The zero-order valence-corrected chi connectivity index (χ0v) is 11.9. The van der Waals surface area contributed by atoms with E-state index in [1.54, 1.807) is 4.90 Å².